The molecule has 18 aromatic rings. The summed E-state index contributed by atoms with van der Waals surface area (Å²) in [4.78, 5) is 47.6. The zero-order valence-corrected chi connectivity index (χ0v) is 57.1. The highest BCUT2D eigenvalue weighted by atomic mass is 15.2. The van der Waals surface area contributed by atoms with E-state index in [1.807, 2.05) is 127 Å². The fraction of sp³-hybridized carbons (Fsp3) is 0. The highest BCUT2D eigenvalue weighted by Crippen LogP contribution is 2.49. The van der Waals surface area contributed by atoms with E-state index in [1.54, 1.807) is 0 Å². The Labute approximate surface area is 612 Å². The second-order valence-electron chi connectivity index (χ2n) is 26.6. The molecule has 0 fully saturated rings. The summed E-state index contributed by atoms with van der Waals surface area (Å²) in [6, 6.07) is 128. The maximum Gasteiger partial charge on any atom is 0.252 e. The fourth-order valence-corrected chi connectivity index (χ4v) is 15.5. The van der Waals surface area contributed by atoms with Gasteiger partial charge in [-0.3, -0.25) is 0 Å². The van der Waals surface area contributed by atoms with Gasteiger partial charge in [-0.05, 0) is 119 Å². The second-order valence-corrected chi connectivity index (χ2v) is 26.6. The minimum atomic E-state index is -0.0658. The van der Waals surface area contributed by atoms with Crippen molar-refractivity contribution < 1.29 is 0 Å². The molecule has 0 unspecified atom stereocenters. The molecule has 0 atom stereocenters. The van der Waals surface area contributed by atoms with Crippen molar-refractivity contribution in [1.82, 2.24) is 44.4 Å². The van der Waals surface area contributed by atoms with Gasteiger partial charge in [0.1, 0.15) is 0 Å². The van der Waals surface area contributed by atoms with Crippen molar-refractivity contribution in [2.45, 2.75) is 0 Å². The molecule has 0 bridgehead atoms. The molecule has 0 aliphatic carbocycles. The van der Waals surface area contributed by atoms with Crippen LogP contribution >= 0.6 is 0 Å². The minimum absolute atomic E-state index is 0.0658. The average Bonchev–Trinajstić information content (AvgIpc) is 0.845. The Bertz CT molecular complexity index is 6280. The molecule has 494 valence electrons. The van der Waals surface area contributed by atoms with Crippen LogP contribution in [0.5, 0.6) is 0 Å². The van der Waals surface area contributed by atoms with Crippen molar-refractivity contribution in [2.75, 3.05) is 9.80 Å². The largest absolute Gasteiger partial charge is 0.311 e. The predicted molar refractivity (Wildman–Crippen MR) is 432 cm³/mol. The molecule has 0 saturated heterocycles. The third-order valence-corrected chi connectivity index (χ3v) is 20.3. The van der Waals surface area contributed by atoms with E-state index in [-0.39, 0.29) is 6.71 Å². The van der Waals surface area contributed by atoms with Gasteiger partial charge in [0.05, 0.1) is 33.8 Å². The molecule has 2 aliphatic heterocycles. The van der Waals surface area contributed by atoms with Crippen LogP contribution in [0.1, 0.15) is 0 Å². The Kier molecular flexibility index (Phi) is 15.0. The summed E-state index contributed by atoms with van der Waals surface area (Å²) in [5.41, 5.74) is 24.7. The zero-order valence-electron chi connectivity index (χ0n) is 57.1. The Hall–Kier alpha value is -14.4. The number of fused-ring (bicyclic) bond motifs is 7. The number of benzene rings is 14. The van der Waals surface area contributed by atoms with Crippen LogP contribution in [0, 0.1) is 0 Å². The number of anilines is 6. The third-order valence-electron chi connectivity index (χ3n) is 20.3. The van der Waals surface area contributed by atoms with Crippen LogP contribution in [0.25, 0.3) is 141 Å². The first kappa shape index (κ1) is 61.5. The average molecular weight is 1350 g/mol. The van der Waals surface area contributed by atoms with E-state index < -0.39 is 0 Å². The lowest BCUT2D eigenvalue weighted by Gasteiger charge is -2.45. The van der Waals surface area contributed by atoms with Gasteiger partial charge < -0.3 is 14.4 Å². The van der Waals surface area contributed by atoms with Crippen molar-refractivity contribution in [3.05, 3.63) is 364 Å². The summed E-state index contributed by atoms with van der Waals surface area (Å²) in [5.74, 6) is 3.87. The summed E-state index contributed by atoms with van der Waals surface area (Å²) >= 11 is 0. The molecule has 4 aromatic heterocycles. The number of hydrogen-bond donors (Lipinski definition) is 0. The van der Waals surface area contributed by atoms with Crippen LogP contribution in [0.4, 0.5) is 34.1 Å². The van der Waals surface area contributed by atoms with Gasteiger partial charge in [-0.25, -0.2) is 39.9 Å². The summed E-state index contributed by atoms with van der Waals surface area (Å²) in [5, 5.41) is 2.06. The number of nitrogens with zero attached hydrogens (tertiary/aromatic N) is 11. The Morgan fingerprint density at radius 1 is 0.217 bits per heavy atom. The van der Waals surface area contributed by atoms with Crippen LogP contribution in [-0.2, 0) is 0 Å². The number of rotatable bonds is 13. The van der Waals surface area contributed by atoms with Crippen molar-refractivity contribution in [2.24, 2.45) is 0 Å². The molecular formula is C94H60BN11. The number of hydrogen-bond acceptors (Lipinski definition) is 10. The lowest BCUT2D eigenvalue weighted by Crippen LogP contribution is -2.61. The maximum atomic E-state index is 5.83. The lowest BCUT2D eigenvalue weighted by atomic mass is 9.33. The molecule has 6 heterocycles. The molecular weight excluding hydrogens is 1290 g/mol. The molecule has 2 aliphatic rings. The van der Waals surface area contributed by atoms with Gasteiger partial charge in [0.15, 0.2) is 40.8 Å². The SMILES string of the molecule is c1ccc(-c2cc(-c3cccc(-c4ccc5c6c4N(c4ccccc4)c4ccccc4B6c4ccccc4N5c4ccccc4)c3)nc(-c3cc(-c4nc(-c5ccccc5)nc(-c5ccccc5)n4)ccc3-n3c4ccccc4c4cc(-c5nc(-c6ccccc6)nc(-c6ccccc6)n5)ccc43)n2)cc1. The van der Waals surface area contributed by atoms with E-state index in [4.69, 9.17) is 39.9 Å². The zero-order chi connectivity index (χ0) is 70.0. The Balaban J connectivity index is 0.808. The van der Waals surface area contributed by atoms with Gasteiger partial charge in [0.2, 0.25) is 0 Å². The lowest BCUT2D eigenvalue weighted by molar-refractivity contribution is 1.07. The standard InChI is InChI=1S/C94H60BN11/c1-8-29-61(30-9-1)78-60-79(67-40-28-39-66(57-67)72-53-56-85-86-87(72)105(71-43-20-7-21-44-71)84-50-27-24-47-77(84)95(86)76-46-23-26-49-83(76)104(85)70-41-18-6-19-42-70)97-94(96-78)75-59-69(93-102-90(64-35-14-4-15-36-64)99-91(103-93)65-37-16-5-17-38-65)52-55-82(75)106-80-48-25-22-45-73(80)74-58-68(51-54-81(74)106)92-100-88(62-31-10-2-11-32-62)98-89(101-92)63-33-12-3-13-34-63/h1-60H. The first-order valence-electron chi connectivity index (χ1n) is 35.6. The highest BCUT2D eigenvalue weighted by Gasteiger charge is 2.44. The van der Waals surface area contributed by atoms with Crippen LogP contribution < -0.4 is 26.2 Å². The molecule has 0 radical (unpaired) electrons. The van der Waals surface area contributed by atoms with E-state index in [0.717, 1.165) is 129 Å². The van der Waals surface area contributed by atoms with Gasteiger partial charge in [-0.2, -0.15) is 0 Å². The molecule has 12 heteroatoms. The van der Waals surface area contributed by atoms with E-state index >= 15 is 0 Å². The first-order chi connectivity index (χ1) is 52.6. The minimum Gasteiger partial charge on any atom is -0.311 e. The van der Waals surface area contributed by atoms with Crippen molar-refractivity contribution >= 4 is 79.0 Å². The predicted octanol–water partition coefficient (Wildman–Crippen LogP) is 20.7. The van der Waals surface area contributed by atoms with Crippen molar-refractivity contribution in [3.8, 4) is 119 Å². The normalized spacial score (nSPS) is 12.1. The summed E-state index contributed by atoms with van der Waals surface area (Å²) in [6.45, 7) is -0.0658. The highest BCUT2D eigenvalue weighted by molar-refractivity contribution is 7.00. The molecule has 0 amide bonds. The second kappa shape index (κ2) is 25.9. The Morgan fingerprint density at radius 2 is 0.623 bits per heavy atom. The van der Waals surface area contributed by atoms with E-state index in [9.17, 15) is 0 Å². The molecule has 0 spiro atoms. The molecule has 0 N–H and O–H groups in total. The monoisotopic (exact) mass is 1350 g/mol. The van der Waals surface area contributed by atoms with E-state index in [0.29, 0.717) is 40.8 Å². The van der Waals surface area contributed by atoms with Crippen LogP contribution in [0.3, 0.4) is 0 Å². The molecule has 20 rings (SSSR count). The topological polar surface area (TPSA) is 115 Å². The van der Waals surface area contributed by atoms with Crippen molar-refractivity contribution in [3.63, 3.8) is 0 Å². The van der Waals surface area contributed by atoms with Gasteiger partial charge in [0.25, 0.3) is 6.71 Å². The van der Waals surface area contributed by atoms with E-state index in [2.05, 4.69) is 251 Å². The Morgan fingerprint density at radius 3 is 1.18 bits per heavy atom. The number of para-hydroxylation sites is 5. The van der Waals surface area contributed by atoms with Crippen LogP contribution in [0.15, 0.2) is 364 Å². The van der Waals surface area contributed by atoms with Gasteiger partial charge >= 0.3 is 0 Å². The molecule has 106 heavy (non-hydrogen) atoms. The molecule has 0 saturated carbocycles. The quantitative estimate of drug-likeness (QED) is 0.103. The maximum absolute atomic E-state index is 5.83. The summed E-state index contributed by atoms with van der Waals surface area (Å²) in [7, 11) is 0. The molecule has 14 aromatic carbocycles. The van der Waals surface area contributed by atoms with Gasteiger partial charge in [-0.15, -0.1) is 0 Å². The number of aromatic nitrogens is 9. The van der Waals surface area contributed by atoms with Gasteiger partial charge in [0, 0.05) is 94.8 Å². The summed E-state index contributed by atoms with van der Waals surface area (Å²) in [6.07, 6.45) is 0. The van der Waals surface area contributed by atoms with Crippen molar-refractivity contribution in [1.29, 1.82) is 0 Å². The first-order valence-corrected chi connectivity index (χ1v) is 35.6. The fourth-order valence-electron chi connectivity index (χ4n) is 15.5. The smallest absolute Gasteiger partial charge is 0.252 e. The van der Waals surface area contributed by atoms with Crippen LogP contribution in [0.2, 0.25) is 0 Å². The van der Waals surface area contributed by atoms with E-state index in [1.165, 1.54) is 22.1 Å². The summed E-state index contributed by atoms with van der Waals surface area (Å²) < 4.78 is 2.34. The van der Waals surface area contributed by atoms with Crippen LogP contribution in [-0.4, -0.2) is 51.2 Å². The van der Waals surface area contributed by atoms with Gasteiger partial charge in [-0.1, -0.05) is 267 Å². The third kappa shape index (κ3) is 10.8. The molecule has 11 nitrogen and oxygen atoms in total.